The number of nitrogens with one attached hydrogen (secondary N) is 1. The smallest absolute Gasteiger partial charge is 0.303 e. The van der Waals surface area contributed by atoms with Gasteiger partial charge in [-0.2, -0.15) is 0 Å². The van der Waals surface area contributed by atoms with Crippen LogP contribution in [0.4, 0.5) is 0 Å². The number of nitrogens with zero attached hydrogens (tertiary/aromatic N) is 1. The monoisotopic (exact) mass is 342 g/mol. The third kappa shape index (κ3) is 6.14. The first-order chi connectivity index (χ1) is 9.38. The predicted octanol–water partition coefficient (Wildman–Crippen LogP) is 2.71. The molecule has 0 fully saturated rings. The number of pyridine rings is 1. The average Bonchev–Trinajstić information content (AvgIpc) is 2.35. The van der Waals surface area contributed by atoms with E-state index in [-0.39, 0.29) is 18.2 Å². The lowest BCUT2D eigenvalue weighted by atomic mass is 9.94. The van der Waals surface area contributed by atoms with E-state index in [4.69, 9.17) is 5.11 Å². The van der Waals surface area contributed by atoms with Gasteiger partial charge in [0.25, 0.3) is 5.91 Å². The maximum absolute atomic E-state index is 11.9. The van der Waals surface area contributed by atoms with Gasteiger partial charge in [-0.1, -0.05) is 13.8 Å². The summed E-state index contributed by atoms with van der Waals surface area (Å²) in [7, 11) is 0. The highest BCUT2D eigenvalue weighted by Gasteiger charge is 2.16. The van der Waals surface area contributed by atoms with Gasteiger partial charge in [-0.05, 0) is 46.3 Å². The molecular formula is C14H19BrN2O3. The highest BCUT2D eigenvalue weighted by atomic mass is 79.9. The second-order valence-electron chi connectivity index (χ2n) is 5.17. The van der Waals surface area contributed by atoms with Crippen LogP contribution in [-0.2, 0) is 4.79 Å². The van der Waals surface area contributed by atoms with Crippen molar-refractivity contribution in [3.05, 3.63) is 28.5 Å². The van der Waals surface area contributed by atoms with Crippen molar-refractivity contribution >= 4 is 27.8 Å². The molecule has 5 nitrogen and oxygen atoms in total. The van der Waals surface area contributed by atoms with Crippen molar-refractivity contribution in [2.75, 3.05) is 6.54 Å². The Morgan fingerprint density at radius 2 is 2.10 bits per heavy atom. The first-order valence-electron chi connectivity index (χ1n) is 6.50. The minimum atomic E-state index is -0.838. The van der Waals surface area contributed by atoms with E-state index < -0.39 is 5.97 Å². The highest BCUT2D eigenvalue weighted by molar-refractivity contribution is 9.10. The summed E-state index contributed by atoms with van der Waals surface area (Å²) in [5.41, 5.74) is 0.465. The molecule has 0 radical (unpaired) electrons. The molecule has 0 saturated carbocycles. The van der Waals surface area contributed by atoms with Crippen LogP contribution in [0.15, 0.2) is 22.9 Å². The van der Waals surface area contributed by atoms with E-state index in [1.807, 2.05) is 13.8 Å². The molecule has 1 aromatic rings. The molecule has 0 bridgehead atoms. The summed E-state index contributed by atoms with van der Waals surface area (Å²) in [6, 6.07) is 3.36. The number of hydrogen-bond donors (Lipinski definition) is 2. The summed E-state index contributed by atoms with van der Waals surface area (Å²) in [4.78, 5) is 26.7. The van der Waals surface area contributed by atoms with Crippen LogP contribution in [0.1, 0.15) is 37.0 Å². The van der Waals surface area contributed by atoms with Crippen LogP contribution in [0.3, 0.4) is 0 Å². The van der Waals surface area contributed by atoms with Gasteiger partial charge < -0.3 is 10.4 Å². The number of aliphatic carboxylic acids is 1. The number of aromatic nitrogens is 1. The van der Waals surface area contributed by atoms with E-state index in [2.05, 4.69) is 26.2 Å². The quantitative estimate of drug-likeness (QED) is 0.746. The molecule has 110 valence electrons. The van der Waals surface area contributed by atoms with Crippen LogP contribution in [-0.4, -0.2) is 28.5 Å². The third-order valence-electron chi connectivity index (χ3n) is 2.81. The fourth-order valence-corrected chi connectivity index (χ4v) is 2.24. The summed E-state index contributed by atoms with van der Waals surface area (Å²) in [6.45, 7) is 4.43. The zero-order valence-electron chi connectivity index (χ0n) is 11.6. The molecule has 2 N–H and O–H groups in total. The molecule has 0 spiro atoms. The molecular weight excluding hydrogens is 324 g/mol. The topological polar surface area (TPSA) is 79.3 Å². The second kappa shape index (κ2) is 7.99. The molecule has 1 aromatic heterocycles. The van der Waals surface area contributed by atoms with Crippen LogP contribution in [0.2, 0.25) is 0 Å². The maximum atomic E-state index is 11.9. The zero-order chi connectivity index (χ0) is 15.1. The Hall–Kier alpha value is -1.43. The van der Waals surface area contributed by atoms with E-state index in [0.29, 0.717) is 22.6 Å². The molecule has 0 saturated heterocycles. The molecule has 1 atom stereocenters. The molecule has 1 rings (SSSR count). The van der Waals surface area contributed by atoms with Crippen molar-refractivity contribution in [3.63, 3.8) is 0 Å². The second-order valence-corrected chi connectivity index (χ2v) is 5.99. The molecule has 1 amide bonds. The lowest BCUT2D eigenvalue weighted by Gasteiger charge is -2.17. The van der Waals surface area contributed by atoms with E-state index in [0.717, 1.165) is 6.42 Å². The number of rotatable bonds is 7. The van der Waals surface area contributed by atoms with Gasteiger partial charge in [-0.25, -0.2) is 4.98 Å². The Morgan fingerprint density at radius 1 is 1.40 bits per heavy atom. The molecule has 0 aliphatic heterocycles. The van der Waals surface area contributed by atoms with Gasteiger partial charge in [0.05, 0.1) is 5.56 Å². The van der Waals surface area contributed by atoms with Gasteiger partial charge in [0.15, 0.2) is 0 Å². The van der Waals surface area contributed by atoms with E-state index >= 15 is 0 Å². The Bertz CT molecular complexity index is 460. The van der Waals surface area contributed by atoms with Gasteiger partial charge in [-0.3, -0.25) is 9.59 Å². The predicted molar refractivity (Wildman–Crippen MR) is 79.5 cm³/mol. The highest BCUT2D eigenvalue weighted by Crippen LogP contribution is 2.15. The van der Waals surface area contributed by atoms with Crippen LogP contribution in [0.5, 0.6) is 0 Å². The summed E-state index contributed by atoms with van der Waals surface area (Å²) < 4.78 is 0.664. The number of carboxylic acid groups (broad SMARTS) is 1. The minimum absolute atomic E-state index is 0.0557. The number of carbonyl (C=O) groups excluding carboxylic acids is 1. The Labute approximate surface area is 126 Å². The normalized spacial score (nSPS) is 12.2. The lowest BCUT2D eigenvalue weighted by molar-refractivity contribution is -0.138. The van der Waals surface area contributed by atoms with E-state index in [9.17, 15) is 9.59 Å². The van der Waals surface area contributed by atoms with Crippen LogP contribution in [0, 0.1) is 11.8 Å². The standard InChI is InChI=1S/C14H19BrN2O3/c1-9(2)5-10(6-13(18)19)7-17-14(20)11-3-4-12(15)16-8-11/h3-4,8-10H,5-7H2,1-2H3,(H,17,20)(H,18,19). The number of carbonyl (C=O) groups is 2. The largest absolute Gasteiger partial charge is 0.481 e. The number of halogens is 1. The number of hydrogen-bond acceptors (Lipinski definition) is 3. The zero-order valence-corrected chi connectivity index (χ0v) is 13.2. The van der Waals surface area contributed by atoms with Gasteiger partial charge in [-0.15, -0.1) is 0 Å². The number of carboxylic acids is 1. The lowest BCUT2D eigenvalue weighted by Crippen LogP contribution is -2.31. The Morgan fingerprint density at radius 3 is 2.60 bits per heavy atom. The van der Waals surface area contributed by atoms with Gasteiger partial charge in [0, 0.05) is 19.2 Å². The van der Waals surface area contributed by atoms with Crippen molar-refractivity contribution in [3.8, 4) is 0 Å². The molecule has 6 heteroatoms. The summed E-state index contributed by atoms with van der Waals surface area (Å²) in [6.07, 6.45) is 2.32. The van der Waals surface area contributed by atoms with Crippen LogP contribution in [0.25, 0.3) is 0 Å². The fourth-order valence-electron chi connectivity index (χ4n) is 2.00. The number of amides is 1. The van der Waals surface area contributed by atoms with Gasteiger partial charge >= 0.3 is 5.97 Å². The Balaban J connectivity index is 2.55. The van der Waals surface area contributed by atoms with Gasteiger partial charge in [0.2, 0.25) is 0 Å². The third-order valence-corrected chi connectivity index (χ3v) is 3.28. The average molecular weight is 343 g/mol. The summed E-state index contributed by atoms with van der Waals surface area (Å²) in [5, 5.41) is 11.7. The first-order valence-corrected chi connectivity index (χ1v) is 7.29. The maximum Gasteiger partial charge on any atom is 0.303 e. The van der Waals surface area contributed by atoms with Gasteiger partial charge in [0.1, 0.15) is 4.60 Å². The molecule has 1 heterocycles. The summed E-state index contributed by atoms with van der Waals surface area (Å²) >= 11 is 3.20. The first kappa shape index (κ1) is 16.6. The van der Waals surface area contributed by atoms with Crippen LogP contribution >= 0.6 is 15.9 Å². The Kier molecular flexibility index (Phi) is 6.64. The molecule has 0 aromatic carbocycles. The molecule has 1 unspecified atom stereocenters. The molecule has 0 aliphatic rings. The molecule has 0 aliphatic carbocycles. The SMILES string of the molecule is CC(C)CC(CNC(=O)c1ccc(Br)nc1)CC(=O)O. The summed E-state index contributed by atoms with van der Waals surface area (Å²) in [5.74, 6) is -0.732. The van der Waals surface area contributed by atoms with E-state index in [1.165, 1.54) is 6.20 Å². The van der Waals surface area contributed by atoms with Crippen molar-refractivity contribution in [1.82, 2.24) is 10.3 Å². The fraction of sp³-hybridized carbons (Fsp3) is 0.500. The van der Waals surface area contributed by atoms with Crippen molar-refractivity contribution < 1.29 is 14.7 Å². The van der Waals surface area contributed by atoms with Crippen molar-refractivity contribution in [2.24, 2.45) is 11.8 Å². The van der Waals surface area contributed by atoms with Crippen molar-refractivity contribution in [1.29, 1.82) is 0 Å². The minimum Gasteiger partial charge on any atom is -0.481 e. The van der Waals surface area contributed by atoms with Crippen molar-refractivity contribution in [2.45, 2.75) is 26.7 Å². The van der Waals surface area contributed by atoms with Crippen LogP contribution < -0.4 is 5.32 Å². The molecule has 20 heavy (non-hydrogen) atoms. The van der Waals surface area contributed by atoms with E-state index in [1.54, 1.807) is 12.1 Å².